The Labute approximate surface area is 192 Å². The van der Waals surface area contributed by atoms with E-state index in [2.05, 4.69) is 10.6 Å². The Bertz CT molecular complexity index is 1290. The highest BCUT2D eigenvalue weighted by atomic mass is 32.2. The molecule has 3 aromatic rings. The summed E-state index contributed by atoms with van der Waals surface area (Å²) < 4.78 is 31.9. The predicted octanol–water partition coefficient (Wildman–Crippen LogP) is 3.78. The van der Waals surface area contributed by atoms with Gasteiger partial charge in [-0.25, -0.2) is 8.42 Å². The van der Waals surface area contributed by atoms with E-state index >= 15 is 0 Å². The van der Waals surface area contributed by atoms with Crippen molar-refractivity contribution in [3.63, 3.8) is 0 Å². The second-order valence-electron chi connectivity index (χ2n) is 7.83. The zero-order valence-electron chi connectivity index (χ0n) is 18.1. The van der Waals surface area contributed by atoms with Gasteiger partial charge in [0, 0.05) is 23.9 Å². The Balaban J connectivity index is 1.62. The smallest absolute Gasteiger partial charge is 0.232 e. The van der Waals surface area contributed by atoms with Crippen molar-refractivity contribution in [1.82, 2.24) is 0 Å². The first-order chi connectivity index (χ1) is 15.9. The Morgan fingerprint density at radius 2 is 1.82 bits per heavy atom. The van der Waals surface area contributed by atoms with Gasteiger partial charge in [0.15, 0.2) is 9.84 Å². The molecule has 0 saturated carbocycles. The number of aryl methyl sites for hydroxylation is 1. The number of ether oxygens (including phenoxy) is 1. The summed E-state index contributed by atoms with van der Waals surface area (Å²) in [6, 6.07) is 20.4. The number of amides is 2. The number of carbonyl (C=O) groups is 2. The fourth-order valence-corrected chi connectivity index (χ4v) is 5.38. The van der Waals surface area contributed by atoms with Crippen LogP contribution in [0.25, 0.3) is 0 Å². The van der Waals surface area contributed by atoms with Gasteiger partial charge in [-0.05, 0) is 47.9 Å². The van der Waals surface area contributed by atoms with E-state index in [1.807, 2.05) is 6.07 Å². The van der Waals surface area contributed by atoms with Gasteiger partial charge in [0.25, 0.3) is 0 Å². The quantitative estimate of drug-likeness (QED) is 0.554. The maximum Gasteiger partial charge on any atom is 0.232 e. The molecule has 2 N–H and O–H groups in total. The zero-order chi connectivity index (χ0) is 23.4. The lowest BCUT2D eigenvalue weighted by Gasteiger charge is -2.20. The molecule has 170 valence electrons. The Kier molecular flexibility index (Phi) is 6.46. The summed E-state index contributed by atoms with van der Waals surface area (Å²) in [7, 11) is -2.27. The van der Waals surface area contributed by atoms with Gasteiger partial charge in [-0.2, -0.15) is 0 Å². The number of rotatable bonds is 7. The van der Waals surface area contributed by atoms with Gasteiger partial charge >= 0.3 is 0 Å². The molecular formula is C25H24N2O5S. The van der Waals surface area contributed by atoms with Crippen LogP contribution in [-0.2, 0) is 25.8 Å². The van der Waals surface area contributed by atoms with Crippen molar-refractivity contribution in [3.8, 4) is 5.75 Å². The third kappa shape index (κ3) is 5.23. The van der Waals surface area contributed by atoms with E-state index in [0.717, 1.165) is 5.56 Å². The van der Waals surface area contributed by atoms with Crippen LogP contribution in [0.5, 0.6) is 5.75 Å². The van der Waals surface area contributed by atoms with E-state index in [0.29, 0.717) is 35.5 Å². The lowest BCUT2D eigenvalue weighted by molar-refractivity contribution is -0.117. The maximum atomic E-state index is 13.3. The minimum absolute atomic E-state index is 0.0866. The summed E-state index contributed by atoms with van der Waals surface area (Å²) in [5.41, 5.74) is 2.52. The Morgan fingerprint density at radius 3 is 2.58 bits per heavy atom. The second-order valence-corrected chi connectivity index (χ2v) is 9.87. The van der Waals surface area contributed by atoms with Gasteiger partial charge in [-0.1, -0.05) is 36.4 Å². The number of carbonyl (C=O) groups excluding carboxylic acids is 2. The molecule has 0 spiro atoms. The average Bonchev–Trinajstić information content (AvgIpc) is 2.82. The highest BCUT2D eigenvalue weighted by Gasteiger charge is 2.29. The summed E-state index contributed by atoms with van der Waals surface area (Å²) >= 11 is 0. The van der Waals surface area contributed by atoms with Gasteiger partial charge < -0.3 is 15.4 Å². The van der Waals surface area contributed by atoms with Gasteiger partial charge in [0.2, 0.25) is 11.8 Å². The van der Waals surface area contributed by atoms with E-state index in [-0.39, 0.29) is 10.8 Å². The highest BCUT2D eigenvalue weighted by molar-refractivity contribution is 7.91. The van der Waals surface area contributed by atoms with E-state index in [9.17, 15) is 18.0 Å². The molecule has 1 atom stereocenters. The predicted molar refractivity (Wildman–Crippen MR) is 126 cm³/mol. The molecule has 0 saturated heterocycles. The molecule has 1 aliphatic rings. The minimum atomic E-state index is -3.80. The first-order valence-electron chi connectivity index (χ1n) is 10.5. The molecule has 3 aromatic carbocycles. The van der Waals surface area contributed by atoms with E-state index < -0.39 is 27.4 Å². The van der Waals surface area contributed by atoms with Crippen LogP contribution in [0.2, 0.25) is 0 Å². The van der Waals surface area contributed by atoms with Gasteiger partial charge in [-0.3, -0.25) is 9.59 Å². The average molecular weight is 465 g/mol. The van der Waals surface area contributed by atoms with Crippen LogP contribution >= 0.6 is 0 Å². The van der Waals surface area contributed by atoms with Crippen LogP contribution in [0.15, 0.2) is 77.7 Å². The topological polar surface area (TPSA) is 102 Å². The monoisotopic (exact) mass is 464 g/mol. The van der Waals surface area contributed by atoms with Crippen molar-refractivity contribution < 1.29 is 22.7 Å². The summed E-state index contributed by atoms with van der Waals surface area (Å²) in [6.45, 7) is 0. The second kappa shape index (κ2) is 9.46. The van der Waals surface area contributed by atoms with Crippen LogP contribution in [0.1, 0.15) is 23.5 Å². The third-order valence-corrected chi connectivity index (χ3v) is 7.32. The van der Waals surface area contributed by atoms with Crippen molar-refractivity contribution in [3.05, 3.63) is 83.9 Å². The van der Waals surface area contributed by atoms with Crippen LogP contribution in [0.3, 0.4) is 0 Å². The number of anilines is 2. The zero-order valence-corrected chi connectivity index (χ0v) is 18.9. The molecule has 0 bridgehead atoms. The van der Waals surface area contributed by atoms with Gasteiger partial charge in [0.1, 0.15) is 5.75 Å². The van der Waals surface area contributed by atoms with Crippen LogP contribution in [0.4, 0.5) is 11.4 Å². The lowest BCUT2D eigenvalue weighted by atomic mass is 10.00. The molecule has 1 unspecified atom stereocenters. The van der Waals surface area contributed by atoms with Crippen LogP contribution in [-0.4, -0.2) is 33.1 Å². The van der Waals surface area contributed by atoms with Gasteiger partial charge in [-0.15, -0.1) is 0 Å². The first-order valence-corrected chi connectivity index (χ1v) is 12.2. The molecular weight excluding hydrogens is 440 g/mol. The van der Waals surface area contributed by atoms with E-state index in [1.54, 1.807) is 60.7 Å². The first kappa shape index (κ1) is 22.5. The fraction of sp³-hybridized carbons (Fsp3) is 0.200. The molecule has 33 heavy (non-hydrogen) atoms. The molecule has 0 aromatic heterocycles. The number of hydrogen-bond acceptors (Lipinski definition) is 5. The molecule has 2 amide bonds. The summed E-state index contributed by atoms with van der Waals surface area (Å²) in [6.07, 6.45) is 0.787. The standard InChI is InChI=1S/C25H24N2O5S/c1-32-20-9-5-8-19(15-20)26-25(29)22(17-6-3-2-4-7-17)16-33(30,31)21-11-12-23-18(14-21)10-13-24(28)27-23/h2-9,11-12,14-15,22H,10,13,16H2,1H3,(H,26,29)(H,27,28). The van der Waals surface area contributed by atoms with Crippen molar-refractivity contribution in [2.45, 2.75) is 23.7 Å². The van der Waals surface area contributed by atoms with Crippen molar-refractivity contribution in [1.29, 1.82) is 0 Å². The Morgan fingerprint density at radius 1 is 1.03 bits per heavy atom. The molecule has 1 heterocycles. The molecule has 7 nitrogen and oxygen atoms in total. The molecule has 0 aliphatic carbocycles. The highest BCUT2D eigenvalue weighted by Crippen LogP contribution is 2.29. The van der Waals surface area contributed by atoms with Crippen LogP contribution < -0.4 is 15.4 Å². The summed E-state index contributed by atoms with van der Waals surface area (Å²) in [4.78, 5) is 25.0. The maximum absolute atomic E-state index is 13.3. The molecule has 4 rings (SSSR count). The SMILES string of the molecule is COc1cccc(NC(=O)C(CS(=O)(=O)c2ccc3c(c2)CCC(=O)N3)c2ccccc2)c1. The number of fused-ring (bicyclic) bond motifs is 1. The van der Waals surface area contributed by atoms with E-state index in [1.165, 1.54) is 13.2 Å². The molecule has 0 radical (unpaired) electrons. The largest absolute Gasteiger partial charge is 0.497 e. The van der Waals surface area contributed by atoms with Crippen molar-refractivity contribution in [2.75, 3.05) is 23.5 Å². The number of nitrogens with one attached hydrogen (secondary N) is 2. The Hall–Kier alpha value is -3.65. The lowest BCUT2D eigenvalue weighted by Crippen LogP contribution is -2.28. The molecule has 8 heteroatoms. The number of hydrogen-bond donors (Lipinski definition) is 2. The van der Waals surface area contributed by atoms with Gasteiger partial charge in [0.05, 0.1) is 23.7 Å². The fourth-order valence-electron chi connectivity index (χ4n) is 3.81. The normalized spacial score (nSPS) is 14.0. The molecule has 1 aliphatic heterocycles. The summed E-state index contributed by atoms with van der Waals surface area (Å²) in [5.74, 6) is -1.24. The number of methoxy groups -OCH3 is 1. The number of sulfone groups is 1. The van der Waals surface area contributed by atoms with Crippen molar-refractivity contribution >= 4 is 33.0 Å². The minimum Gasteiger partial charge on any atom is -0.497 e. The third-order valence-electron chi connectivity index (χ3n) is 5.57. The van der Waals surface area contributed by atoms with Crippen LogP contribution in [0, 0.1) is 0 Å². The van der Waals surface area contributed by atoms with E-state index in [4.69, 9.17) is 4.74 Å². The molecule has 0 fully saturated rings. The number of benzene rings is 3. The van der Waals surface area contributed by atoms with Crippen molar-refractivity contribution in [2.24, 2.45) is 0 Å². The summed E-state index contributed by atoms with van der Waals surface area (Å²) in [5, 5.41) is 5.57.